The Balaban J connectivity index is 1.86. The lowest BCUT2D eigenvalue weighted by molar-refractivity contribution is 0.242. The molecule has 1 heterocycles. The number of hydrogen-bond acceptors (Lipinski definition) is 3. The van der Waals surface area contributed by atoms with Gasteiger partial charge in [0.25, 0.3) is 5.56 Å². The van der Waals surface area contributed by atoms with E-state index in [1.807, 2.05) is 6.07 Å². The number of nitrogens with one attached hydrogen (secondary N) is 2. The standard InChI is InChI=1S/C22H20BrF2N3O3/c1-13-8-19(31-12-15-6-7-16(24)10-18(15)25)20(23)21(29)28(13)17-5-3-4-14(9-17)11-27-22(30)26-2/h3-10H,11-12H2,1-2H3,(H2,26,27,30). The van der Waals surface area contributed by atoms with Gasteiger partial charge in [-0.25, -0.2) is 13.6 Å². The van der Waals surface area contributed by atoms with Crippen molar-refractivity contribution < 1.29 is 18.3 Å². The van der Waals surface area contributed by atoms with Gasteiger partial charge in [-0.15, -0.1) is 0 Å². The summed E-state index contributed by atoms with van der Waals surface area (Å²) in [5.41, 5.74) is 1.85. The molecule has 9 heteroatoms. The van der Waals surface area contributed by atoms with Gasteiger partial charge in [0.2, 0.25) is 0 Å². The maximum absolute atomic E-state index is 13.8. The largest absolute Gasteiger partial charge is 0.487 e. The first-order valence-corrected chi connectivity index (χ1v) is 10.1. The molecule has 0 aliphatic heterocycles. The van der Waals surface area contributed by atoms with E-state index in [0.29, 0.717) is 17.9 Å². The second kappa shape index (κ2) is 9.74. The summed E-state index contributed by atoms with van der Waals surface area (Å²) in [7, 11) is 1.53. The van der Waals surface area contributed by atoms with E-state index in [2.05, 4.69) is 26.6 Å². The van der Waals surface area contributed by atoms with Crippen LogP contribution >= 0.6 is 15.9 Å². The molecule has 0 saturated heterocycles. The maximum Gasteiger partial charge on any atom is 0.314 e. The van der Waals surface area contributed by atoms with Crippen molar-refractivity contribution in [2.24, 2.45) is 0 Å². The zero-order valence-corrected chi connectivity index (χ0v) is 18.4. The molecule has 0 bridgehead atoms. The second-order valence-electron chi connectivity index (χ2n) is 6.73. The molecule has 2 N–H and O–H groups in total. The van der Waals surface area contributed by atoms with Crippen molar-refractivity contribution >= 4 is 22.0 Å². The molecule has 3 rings (SSSR count). The van der Waals surface area contributed by atoms with E-state index in [9.17, 15) is 18.4 Å². The van der Waals surface area contributed by atoms with Crippen molar-refractivity contribution in [3.05, 3.63) is 91.8 Å². The third-order valence-electron chi connectivity index (χ3n) is 4.55. The molecule has 31 heavy (non-hydrogen) atoms. The van der Waals surface area contributed by atoms with Gasteiger partial charge in [0.1, 0.15) is 28.5 Å². The van der Waals surface area contributed by atoms with Crippen LogP contribution in [-0.4, -0.2) is 17.6 Å². The lowest BCUT2D eigenvalue weighted by Crippen LogP contribution is -2.32. The fourth-order valence-corrected chi connectivity index (χ4v) is 3.38. The Morgan fingerprint density at radius 2 is 1.94 bits per heavy atom. The Labute approximate surface area is 186 Å². The Bertz CT molecular complexity index is 1180. The first-order valence-electron chi connectivity index (χ1n) is 9.34. The fourth-order valence-electron chi connectivity index (χ4n) is 2.98. The molecule has 162 valence electrons. The van der Waals surface area contributed by atoms with Crippen molar-refractivity contribution in [2.45, 2.75) is 20.1 Å². The van der Waals surface area contributed by atoms with E-state index in [4.69, 9.17) is 4.74 Å². The number of aromatic nitrogens is 1. The molecule has 0 fully saturated rings. The van der Waals surface area contributed by atoms with Crippen LogP contribution in [0, 0.1) is 18.6 Å². The zero-order valence-electron chi connectivity index (χ0n) is 16.8. The topological polar surface area (TPSA) is 72.4 Å². The minimum Gasteiger partial charge on any atom is -0.487 e. The van der Waals surface area contributed by atoms with Crippen molar-refractivity contribution in [3.63, 3.8) is 0 Å². The van der Waals surface area contributed by atoms with Gasteiger partial charge in [-0.1, -0.05) is 12.1 Å². The number of nitrogens with zero attached hydrogens (tertiary/aromatic N) is 1. The predicted molar refractivity (Wildman–Crippen MR) is 116 cm³/mol. The predicted octanol–water partition coefficient (Wildman–Crippen LogP) is 4.19. The fraction of sp³-hybridized carbons (Fsp3) is 0.182. The summed E-state index contributed by atoms with van der Waals surface area (Å²) in [5.74, 6) is -1.14. The molecule has 0 saturated carbocycles. The summed E-state index contributed by atoms with van der Waals surface area (Å²) in [6.45, 7) is 1.88. The Morgan fingerprint density at radius 1 is 1.16 bits per heavy atom. The van der Waals surface area contributed by atoms with Crippen LogP contribution in [0.25, 0.3) is 5.69 Å². The quantitative estimate of drug-likeness (QED) is 0.542. The molecule has 2 aromatic carbocycles. The van der Waals surface area contributed by atoms with Gasteiger partial charge in [0, 0.05) is 42.7 Å². The minimum atomic E-state index is -0.719. The van der Waals surface area contributed by atoms with Crippen LogP contribution < -0.4 is 20.9 Å². The van der Waals surface area contributed by atoms with Crippen LogP contribution in [0.3, 0.4) is 0 Å². The number of carbonyl (C=O) groups is 1. The molecule has 3 aromatic rings. The van der Waals surface area contributed by atoms with Crippen LogP contribution in [0.4, 0.5) is 13.6 Å². The Hall–Kier alpha value is -3.20. The monoisotopic (exact) mass is 491 g/mol. The first kappa shape index (κ1) is 22.5. The molecule has 2 amide bonds. The van der Waals surface area contributed by atoms with Crippen LogP contribution in [0.5, 0.6) is 5.75 Å². The van der Waals surface area contributed by atoms with E-state index < -0.39 is 11.6 Å². The zero-order chi connectivity index (χ0) is 22.5. The third kappa shape index (κ3) is 5.29. The van der Waals surface area contributed by atoms with Gasteiger partial charge in [-0.2, -0.15) is 0 Å². The normalized spacial score (nSPS) is 10.6. The molecular weight excluding hydrogens is 472 g/mol. The second-order valence-corrected chi connectivity index (χ2v) is 7.52. The summed E-state index contributed by atoms with van der Waals surface area (Å²) >= 11 is 3.27. The van der Waals surface area contributed by atoms with Crippen LogP contribution in [0.1, 0.15) is 16.8 Å². The highest BCUT2D eigenvalue weighted by atomic mass is 79.9. The van der Waals surface area contributed by atoms with E-state index in [0.717, 1.165) is 17.7 Å². The average Bonchev–Trinajstić information content (AvgIpc) is 2.75. The number of carbonyl (C=O) groups excluding carboxylic acids is 1. The van der Waals surface area contributed by atoms with Gasteiger partial charge in [0.05, 0.1) is 0 Å². The Kier molecular flexibility index (Phi) is 7.06. The molecule has 1 aromatic heterocycles. The smallest absolute Gasteiger partial charge is 0.314 e. The average molecular weight is 492 g/mol. The number of urea groups is 1. The van der Waals surface area contributed by atoms with E-state index >= 15 is 0 Å². The molecule has 0 aliphatic rings. The number of hydrogen-bond donors (Lipinski definition) is 2. The highest BCUT2D eigenvalue weighted by Gasteiger charge is 2.15. The number of amides is 2. The molecule has 0 unspecified atom stereocenters. The number of ether oxygens (including phenoxy) is 1. The number of aryl methyl sites for hydroxylation is 1. The maximum atomic E-state index is 13.8. The molecular formula is C22H20BrF2N3O3. The van der Waals surface area contributed by atoms with Gasteiger partial charge in [0.15, 0.2) is 0 Å². The summed E-state index contributed by atoms with van der Waals surface area (Å²) in [5, 5.41) is 5.17. The van der Waals surface area contributed by atoms with Crippen LogP contribution in [0.2, 0.25) is 0 Å². The van der Waals surface area contributed by atoms with E-state index in [1.165, 1.54) is 17.7 Å². The van der Waals surface area contributed by atoms with Gasteiger partial charge in [-0.05, 0) is 52.7 Å². The highest BCUT2D eigenvalue weighted by molar-refractivity contribution is 9.10. The molecule has 0 radical (unpaired) electrons. The van der Waals surface area contributed by atoms with Crippen molar-refractivity contribution in [1.29, 1.82) is 0 Å². The summed E-state index contributed by atoms with van der Waals surface area (Å²) in [6.07, 6.45) is 0. The summed E-state index contributed by atoms with van der Waals surface area (Å²) in [6, 6.07) is 11.8. The number of benzene rings is 2. The molecule has 0 atom stereocenters. The number of pyridine rings is 1. The molecule has 0 aliphatic carbocycles. The van der Waals surface area contributed by atoms with Gasteiger partial charge >= 0.3 is 6.03 Å². The lowest BCUT2D eigenvalue weighted by atomic mass is 10.2. The number of rotatable bonds is 6. The lowest BCUT2D eigenvalue weighted by Gasteiger charge is -2.15. The van der Waals surface area contributed by atoms with Gasteiger partial charge in [-0.3, -0.25) is 9.36 Å². The SMILES string of the molecule is CNC(=O)NCc1cccc(-n2c(C)cc(OCc3ccc(F)cc3F)c(Br)c2=O)c1. The Morgan fingerprint density at radius 3 is 2.65 bits per heavy atom. The molecule has 0 spiro atoms. The van der Waals surface area contributed by atoms with Crippen LogP contribution in [0.15, 0.2) is 57.8 Å². The van der Waals surface area contributed by atoms with Crippen molar-refractivity contribution in [1.82, 2.24) is 15.2 Å². The van der Waals surface area contributed by atoms with Crippen LogP contribution in [-0.2, 0) is 13.2 Å². The van der Waals surface area contributed by atoms with Crippen molar-refractivity contribution in [3.8, 4) is 11.4 Å². The number of halogens is 3. The van der Waals surface area contributed by atoms with E-state index in [-0.39, 0.29) is 34.0 Å². The summed E-state index contributed by atoms with van der Waals surface area (Å²) < 4.78 is 34.2. The highest BCUT2D eigenvalue weighted by Crippen LogP contribution is 2.25. The minimum absolute atomic E-state index is 0.158. The third-order valence-corrected chi connectivity index (χ3v) is 5.28. The van der Waals surface area contributed by atoms with Crippen molar-refractivity contribution in [2.75, 3.05) is 7.05 Å². The summed E-state index contributed by atoms with van der Waals surface area (Å²) in [4.78, 5) is 24.4. The van der Waals surface area contributed by atoms with Gasteiger partial charge < -0.3 is 15.4 Å². The molecule has 6 nitrogen and oxygen atoms in total. The van der Waals surface area contributed by atoms with E-state index in [1.54, 1.807) is 31.2 Å². The first-order chi connectivity index (χ1) is 14.8.